The summed E-state index contributed by atoms with van der Waals surface area (Å²) >= 11 is 5.77. The molecule has 1 aliphatic carbocycles. The third kappa shape index (κ3) is 2.13. The molecule has 70 valence electrons. The van der Waals surface area contributed by atoms with Crippen LogP contribution in [0.1, 0.15) is 25.7 Å². The Morgan fingerprint density at radius 2 is 2.17 bits per heavy atom. The summed E-state index contributed by atoms with van der Waals surface area (Å²) in [6, 6.07) is 0. The van der Waals surface area contributed by atoms with Crippen LogP contribution in [0, 0.1) is 11.8 Å². The number of alkyl halides is 1. The minimum Gasteiger partial charge on any atom is -0.469 e. The van der Waals surface area contributed by atoms with Crippen LogP contribution in [-0.4, -0.2) is 19.0 Å². The Labute approximate surface area is 78.2 Å². The minimum absolute atomic E-state index is 0.0567. The van der Waals surface area contributed by atoms with Crippen LogP contribution in [0.2, 0.25) is 0 Å². The van der Waals surface area contributed by atoms with Crippen LogP contribution in [0.5, 0.6) is 0 Å². The first kappa shape index (κ1) is 9.85. The SMILES string of the molecule is COC(=O)[C@@H]1CCCC[C@@H]1CCl. The van der Waals surface area contributed by atoms with Crippen molar-refractivity contribution in [3.05, 3.63) is 0 Å². The zero-order valence-electron chi connectivity index (χ0n) is 7.38. The summed E-state index contributed by atoms with van der Waals surface area (Å²) in [5.41, 5.74) is 0. The van der Waals surface area contributed by atoms with Gasteiger partial charge in [-0.15, -0.1) is 11.6 Å². The lowest BCUT2D eigenvalue weighted by molar-refractivity contribution is -0.148. The Kier molecular flexibility index (Phi) is 3.86. The second-order valence-electron chi connectivity index (χ2n) is 3.33. The van der Waals surface area contributed by atoms with Crippen molar-refractivity contribution in [1.29, 1.82) is 0 Å². The Morgan fingerprint density at radius 1 is 1.50 bits per heavy atom. The molecule has 1 saturated carbocycles. The molecule has 2 nitrogen and oxygen atoms in total. The first-order valence-electron chi connectivity index (χ1n) is 4.43. The summed E-state index contributed by atoms with van der Waals surface area (Å²) in [7, 11) is 1.45. The number of methoxy groups -OCH3 is 1. The fourth-order valence-corrected chi connectivity index (χ4v) is 2.22. The summed E-state index contributed by atoms with van der Waals surface area (Å²) in [5.74, 6) is 0.897. The van der Waals surface area contributed by atoms with Gasteiger partial charge in [-0.3, -0.25) is 4.79 Å². The number of rotatable bonds is 2. The van der Waals surface area contributed by atoms with E-state index in [1.54, 1.807) is 0 Å². The number of carbonyl (C=O) groups is 1. The van der Waals surface area contributed by atoms with E-state index in [-0.39, 0.29) is 11.9 Å². The van der Waals surface area contributed by atoms with Crippen molar-refractivity contribution in [1.82, 2.24) is 0 Å². The molecule has 0 N–H and O–H groups in total. The summed E-state index contributed by atoms with van der Waals surface area (Å²) in [4.78, 5) is 11.3. The maximum absolute atomic E-state index is 11.3. The van der Waals surface area contributed by atoms with Crippen molar-refractivity contribution in [2.24, 2.45) is 11.8 Å². The topological polar surface area (TPSA) is 26.3 Å². The fourth-order valence-electron chi connectivity index (χ4n) is 1.85. The molecule has 0 aromatic heterocycles. The molecular formula is C9H15ClO2. The molecule has 1 fully saturated rings. The van der Waals surface area contributed by atoms with Gasteiger partial charge in [0, 0.05) is 5.88 Å². The fraction of sp³-hybridized carbons (Fsp3) is 0.889. The minimum atomic E-state index is -0.0830. The molecule has 0 aromatic rings. The Balaban J connectivity index is 2.52. The molecule has 0 aromatic carbocycles. The average molecular weight is 191 g/mol. The zero-order valence-corrected chi connectivity index (χ0v) is 8.14. The number of carbonyl (C=O) groups excluding carboxylic acids is 1. The van der Waals surface area contributed by atoms with Gasteiger partial charge in [-0.2, -0.15) is 0 Å². The highest BCUT2D eigenvalue weighted by Crippen LogP contribution is 2.31. The lowest BCUT2D eigenvalue weighted by atomic mass is 9.80. The van der Waals surface area contributed by atoms with Gasteiger partial charge in [0.1, 0.15) is 0 Å². The quantitative estimate of drug-likeness (QED) is 0.493. The number of hydrogen-bond acceptors (Lipinski definition) is 2. The molecule has 1 rings (SSSR count). The maximum atomic E-state index is 11.3. The zero-order chi connectivity index (χ0) is 8.97. The van der Waals surface area contributed by atoms with Crippen molar-refractivity contribution in [3.63, 3.8) is 0 Å². The third-order valence-corrected chi connectivity index (χ3v) is 3.01. The van der Waals surface area contributed by atoms with Crippen LogP contribution in [-0.2, 0) is 9.53 Å². The van der Waals surface area contributed by atoms with Gasteiger partial charge in [-0.1, -0.05) is 12.8 Å². The van der Waals surface area contributed by atoms with Gasteiger partial charge in [0.2, 0.25) is 0 Å². The van der Waals surface area contributed by atoms with Crippen LogP contribution >= 0.6 is 11.6 Å². The predicted octanol–water partition coefficient (Wildman–Crippen LogP) is 2.20. The summed E-state index contributed by atoms with van der Waals surface area (Å²) in [5, 5.41) is 0. The molecule has 3 heteroatoms. The molecule has 0 spiro atoms. The van der Waals surface area contributed by atoms with Crippen LogP contribution in [0.4, 0.5) is 0 Å². The van der Waals surface area contributed by atoms with Gasteiger partial charge in [-0.25, -0.2) is 0 Å². The van der Waals surface area contributed by atoms with Gasteiger partial charge < -0.3 is 4.74 Å². The molecule has 2 atom stereocenters. The molecule has 0 aliphatic heterocycles. The predicted molar refractivity (Wildman–Crippen MR) is 48.2 cm³/mol. The number of hydrogen-bond donors (Lipinski definition) is 0. The number of halogens is 1. The molecular weight excluding hydrogens is 176 g/mol. The Bertz CT molecular complexity index is 159. The van der Waals surface area contributed by atoms with Crippen molar-refractivity contribution in [3.8, 4) is 0 Å². The van der Waals surface area contributed by atoms with E-state index in [1.165, 1.54) is 13.5 Å². The first-order chi connectivity index (χ1) is 5.79. The molecule has 0 radical (unpaired) electrons. The normalized spacial score (nSPS) is 29.8. The van der Waals surface area contributed by atoms with E-state index in [0.29, 0.717) is 11.8 Å². The molecule has 0 bridgehead atoms. The largest absolute Gasteiger partial charge is 0.469 e. The van der Waals surface area contributed by atoms with Gasteiger partial charge in [0.05, 0.1) is 13.0 Å². The summed E-state index contributed by atoms with van der Waals surface area (Å²) < 4.78 is 4.72. The maximum Gasteiger partial charge on any atom is 0.308 e. The highest BCUT2D eigenvalue weighted by molar-refractivity contribution is 6.18. The lowest BCUT2D eigenvalue weighted by Gasteiger charge is -2.27. The summed E-state index contributed by atoms with van der Waals surface area (Å²) in [6.45, 7) is 0. The van der Waals surface area contributed by atoms with Gasteiger partial charge in [0.25, 0.3) is 0 Å². The Hall–Kier alpha value is -0.240. The monoisotopic (exact) mass is 190 g/mol. The first-order valence-corrected chi connectivity index (χ1v) is 4.97. The highest BCUT2D eigenvalue weighted by Gasteiger charge is 2.30. The van der Waals surface area contributed by atoms with E-state index in [0.717, 1.165) is 19.3 Å². The third-order valence-electron chi connectivity index (χ3n) is 2.61. The summed E-state index contributed by atoms with van der Waals surface area (Å²) in [6.07, 6.45) is 4.35. The smallest absolute Gasteiger partial charge is 0.308 e. The van der Waals surface area contributed by atoms with E-state index in [4.69, 9.17) is 16.3 Å². The average Bonchev–Trinajstić information content (AvgIpc) is 2.16. The van der Waals surface area contributed by atoms with E-state index < -0.39 is 0 Å². The van der Waals surface area contributed by atoms with Crippen molar-refractivity contribution in [2.75, 3.05) is 13.0 Å². The van der Waals surface area contributed by atoms with Crippen LogP contribution in [0.25, 0.3) is 0 Å². The number of ether oxygens (including phenoxy) is 1. The number of esters is 1. The van der Waals surface area contributed by atoms with E-state index in [9.17, 15) is 4.79 Å². The van der Waals surface area contributed by atoms with E-state index in [1.807, 2.05) is 0 Å². The molecule has 12 heavy (non-hydrogen) atoms. The molecule has 0 amide bonds. The van der Waals surface area contributed by atoms with Crippen molar-refractivity contribution >= 4 is 17.6 Å². The molecule has 1 aliphatic rings. The van der Waals surface area contributed by atoms with Gasteiger partial charge >= 0.3 is 5.97 Å². The molecule has 0 heterocycles. The lowest BCUT2D eigenvalue weighted by Crippen LogP contribution is -2.29. The van der Waals surface area contributed by atoms with Crippen LogP contribution < -0.4 is 0 Å². The van der Waals surface area contributed by atoms with E-state index in [2.05, 4.69) is 0 Å². The van der Waals surface area contributed by atoms with Crippen molar-refractivity contribution in [2.45, 2.75) is 25.7 Å². The standard InChI is InChI=1S/C9H15ClO2/c1-12-9(11)8-5-3-2-4-7(8)6-10/h7-8H,2-6H2,1H3/t7-,8-/m1/s1. The second kappa shape index (κ2) is 4.70. The van der Waals surface area contributed by atoms with E-state index >= 15 is 0 Å². The van der Waals surface area contributed by atoms with Crippen LogP contribution in [0.15, 0.2) is 0 Å². The Morgan fingerprint density at radius 3 is 2.75 bits per heavy atom. The van der Waals surface area contributed by atoms with Crippen molar-refractivity contribution < 1.29 is 9.53 Å². The highest BCUT2D eigenvalue weighted by atomic mass is 35.5. The van der Waals surface area contributed by atoms with Crippen LogP contribution in [0.3, 0.4) is 0 Å². The van der Waals surface area contributed by atoms with Gasteiger partial charge in [0.15, 0.2) is 0 Å². The van der Waals surface area contributed by atoms with Gasteiger partial charge in [-0.05, 0) is 18.8 Å². The molecule has 0 unspecified atom stereocenters. The molecule has 0 saturated heterocycles. The second-order valence-corrected chi connectivity index (χ2v) is 3.64.